The topological polar surface area (TPSA) is 20.3 Å². The summed E-state index contributed by atoms with van der Waals surface area (Å²) in [4.78, 5) is 13.8. The van der Waals surface area contributed by atoms with Crippen molar-refractivity contribution in [2.24, 2.45) is 0 Å². The van der Waals surface area contributed by atoms with E-state index in [0.29, 0.717) is 0 Å². The standard InChI is InChI=1S/C11H15NOS/c13-8-11-6-10(9-14-11)7-12-4-2-1-3-5-12/h6,8-9H,1-5,7H2. The second-order valence-electron chi connectivity index (χ2n) is 3.81. The Morgan fingerprint density at radius 1 is 1.36 bits per heavy atom. The first-order chi connectivity index (χ1) is 6.88. The first kappa shape index (κ1) is 9.87. The third-order valence-corrected chi connectivity index (χ3v) is 3.55. The number of carbonyl (C=O) groups excluding carboxylic acids is 1. The van der Waals surface area contributed by atoms with Gasteiger partial charge >= 0.3 is 0 Å². The Morgan fingerprint density at radius 3 is 2.79 bits per heavy atom. The second-order valence-corrected chi connectivity index (χ2v) is 4.75. The fraction of sp³-hybridized carbons (Fsp3) is 0.545. The predicted octanol–water partition coefficient (Wildman–Crippen LogP) is 2.55. The van der Waals surface area contributed by atoms with Crippen LogP contribution in [-0.2, 0) is 6.54 Å². The van der Waals surface area contributed by atoms with E-state index in [1.807, 2.05) is 6.07 Å². The van der Waals surface area contributed by atoms with Crippen molar-refractivity contribution in [2.45, 2.75) is 25.8 Å². The molecule has 76 valence electrons. The van der Waals surface area contributed by atoms with E-state index in [-0.39, 0.29) is 0 Å². The number of nitrogens with zero attached hydrogens (tertiary/aromatic N) is 1. The summed E-state index contributed by atoms with van der Waals surface area (Å²) in [5.41, 5.74) is 1.29. The number of carbonyl (C=O) groups is 1. The van der Waals surface area contributed by atoms with Gasteiger partial charge in [0, 0.05) is 6.54 Å². The van der Waals surface area contributed by atoms with Crippen molar-refractivity contribution in [3.63, 3.8) is 0 Å². The molecule has 1 aliphatic rings. The molecule has 0 saturated carbocycles. The van der Waals surface area contributed by atoms with Gasteiger partial charge in [-0.2, -0.15) is 0 Å². The molecule has 1 saturated heterocycles. The highest BCUT2D eigenvalue weighted by Crippen LogP contribution is 2.17. The number of aldehydes is 1. The van der Waals surface area contributed by atoms with Crippen LogP contribution in [0.1, 0.15) is 34.5 Å². The van der Waals surface area contributed by atoms with E-state index in [1.54, 1.807) is 11.3 Å². The van der Waals surface area contributed by atoms with E-state index >= 15 is 0 Å². The summed E-state index contributed by atoms with van der Waals surface area (Å²) >= 11 is 1.54. The second kappa shape index (κ2) is 4.71. The number of rotatable bonds is 3. The van der Waals surface area contributed by atoms with Gasteiger partial charge in [-0.15, -0.1) is 11.3 Å². The average Bonchev–Trinajstić information content (AvgIpc) is 2.67. The van der Waals surface area contributed by atoms with E-state index in [0.717, 1.165) is 17.7 Å². The molecule has 0 radical (unpaired) electrons. The summed E-state index contributed by atoms with van der Waals surface area (Å²) in [6.07, 6.45) is 4.96. The molecule has 2 rings (SSSR count). The maximum Gasteiger partial charge on any atom is 0.160 e. The molecule has 0 unspecified atom stereocenters. The third kappa shape index (κ3) is 2.42. The Bertz CT molecular complexity index is 302. The molecular weight excluding hydrogens is 194 g/mol. The Morgan fingerprint density at radius 2 is 2.14 bits per heavy atom. The molecule has 3 heteroatoms. The third-order valence-electron chi connectivity index (χ3n) is 2.65. The molecule has 1 fully saturated rings. The Balaban J connectivity index is 1.92. The molecule has 0 bridgehead atoms. The molecule has 2 heterocycles. The molecule has 14 heavy (non-hydrogen) atoms. The van der Waals surface area contributed by atoms with E-state index in [2.05, 4.69) is 10.3 Å². The summed E-state index contributed by atoms with van der Waals surface area (Å²) in [6.45, 7) is 3.45. The first-order valence-electron chi connectivity index (χ1n) is 5.13. The van der Waals surface area contributed by atoms with Crippen LogP contribution in [0.4, 0.5) is 0 Å². The van der Waals surface area contributed by atoms with Crippen LogP contribution < -0.4 is 0 Å². The van der Waals surface area contributed by atoms with Crippen LogP contribution >= 0.6 is 11.3 Å². The van der Waals surface area contributed by atoms with Crippen molar-refractivity contribution in [3.8, 4) is 0 Å². The molecule has 1 aromatic rings. The highest BCUT2D eigenvalue weighted by molar-refractivity contribution is 7.11. The van der Waals surface area contributed by atoms with Gasteiger partial charge in [0.2, 0.25) is 0 Å². The van der Waals surface area contributed by atoms with Crippen LogP contribution in [-0.4, -0.2) is 24.3 Å². The molecule has 0 amide bonds. The maximum atomic E-state index is 10.5. The van der Waals surface area contributed by atoms with E-state index in [4.69, 9.17) is 0 Å². The normalized spacial score (nSPS) is 18.3. The van der Waals surface area contributed by atoms with Crippen LogP contribution in [0.25, 0.3) is 0 Å². The largest absolute Gasteiger partial charge is 0.299 e. The number of hydrogen-bond acceptors (Lipinski definition) is 3. The quantitative estimate of drug-likeness (QED) is 0.713. The van der Waals surface area contributed by atoms with Gasteiger partial charge in [-0.3, -0.25) is 9.69 Å². The molecule has 1 aromatic heterocycles. The van der Waals surface area contributed by atoms with Crippen LogP contribution in [0.3, 0.4) is 0 Å². The number of thiophene rings is 1. The molecule has 1 aliphatic heterocycles. The van der Waals surface area contributed by atoms with Crippen molar-refractivity contribution in [2.75, 3.05) is 13.1 Å². The molecule has 0 aliphatic carbocycles. The van der Waals surface area contributed by atoms with Crippen LogP contribution in [0.2, 0.25) is 0 Å². The smallest absolute Gasteiger partial charge is 0.160 e. The van der Waals surface area contributed by atoms with Gasteiger partial charge < -0.3 is 0 Å². The minimum atomic E-state index is 0.844. The van der Waals surface area contributed by atoms with Gasteiger partial charge in [-0.1, -0.05) is 6.42 Å². The molecule has 0 atom stereocenters. The molecule has 0 aromatic carbocycles. The molecule has 0 N–H and O–H groups in total. The van der Waals surface area contributed by atoms with E-state index in [9.17, 15) is 4.79 Å². The summed E-state index contributed by atoms with van der Waals surface area (Å²) in [6, 6.07) is 2.01. The van der Waals surface area contributed by atoms with Crippen molar-refractivity contribution < 1.29 is 4.79 Å². The van der Waals surface area contributed by atoms with E-state index in [1.165, 1.54) is 37.9 Å². The van der Waals surface area contributed by atoms with Gasteiger partial charge in [0.25, 0.3) is 0 Å². The summed E-state index contributed by atoms with van der Waals surface area (Å²) in [5.74, 6) is 0. The molecule has 2 nitrogen and oxygen atoms in total. The lowest BCUT2D eigenvalue weighted by molar-refractivity contribution is 0.112. The maximum absolute atomic E-state index is 10.5. The Kier molecular flexibility index (Phi) is 3.32. The molecule has 0 spiro atoms. The Hall–Kier alpha value is -0.670. The summed E-state index contributed by atoms with van der Waals surface area (Å²) in [5, 5.41) is 2.10. The van der Waals surface area contributed by atoms with Crippen molar-refractivity contribution >= 4 is 17.6 Å². The molecular formula is C11H15NOS. The fourth-order valence-electron chi connectivity index (χ4n) is 1.91. The van der Waals surface area contributed by atoms with Gasteiger partial charge in [0.05, 0.1) is 4.88 Å². The lowest BCUT2D eigenvalue weighted by Gasteiger charge is -2.25. The van der Waals surface area contributed by atoms with E-state index < -0.39 is 0 Å². The van der Waals surface area contributed by atoms with Gasteiger partial charge in [0.1, 0.15) is 0 Å². The minimum Gasteiger partial charge on any atom is -0.299 e. The first-order valence-corrected chi connectivity index (χ1v) is 6.01. The monoisotopic (exact) mass is 209 g/mol. The zero-order chi connectivity index (χ0) is 9.80. The summed E-state index contributed by atoms with van der Waals surface area (Å²) < 4.78 is 0. The fourth-order valence-corrected chi connectivity index (χ4v) is 2.62. The van der Waals surface area contributed by atoms with Crippen LogP contribution in [0.5, 0.6) is 0 Å². The zero-order valence-corrected chi connectivity index (χ0v) is 9.05. The van der Waals surface area contributed by atoms with Gasteiger partial charge in [-0.05, 0) is 42.9 Å². The lowest BCUT2D eigenvalue weighted by atomic mass is 10.1. The van der Waals surface area contributed by atoms with Crippen molar-refractivity contribution in [3.05, 3.63) is 21.9 Å². The lowest BCUT2D eigenvalue weighted by Crippen LogP contribution is -2.28. The highest BCUT2D eigenvalue weighted by Gasteiger charge is 2.10. The van der Waals surface area contributed by atoms with Crippen LogP contribution in [0, 0.1) is 0 Å². The summed E-state index contributed by atoms with van der Waals surface area (Å²) in [7, 11) is 0. The van der Waals surface area contributed by atoms with Crippen molar-refractivity contribution in [1.29, 1.82) is 0 Å². The van der Waals surface area contributed by atoms with Gasteiger partial charge in [0.15, 0.2) is 6.29 Å². The zero-order valence-electron chi connectivity index (χ0n) is 8.24. The number of hydrogen-bond donors (Lipinski definition) is 0. The number of likely N-dealkylation sites (tertiary alicyclic amines) is 1. The SMILES string of the molecule is O=Cc1cc(CN2CCCCC2)cs1. The highest BCUT2D eigenvalue weighted by atomic mass is 32.1. The Labute approximate surface area is 88.5 Å². The average molecular weight is 209 g/mol. The minimum absolute atomic E-state index is 0.844. The predicted molar refractivity (Wildman–Crippen MR) is 58.8 cm³/mol. The van der Waals surface area contributed by atoms with Gasteiger partial charge in [-0.25, -0.2) is 0 Å². The van der Waals surface area contributed by atoms with Crippen LogP contribution in [0.15, 0.2) is 11.4 Å². The van der Waals surface area contributed by atoms with Crippen molar-refractivity contribution in [1.82, 2.24) is 4.90 Å². The number of piperidine rings is 1.